The van der Waals surface area contributed by atoms with E-state index in [1.165, 1.54) is 6.07 Å². The average molecular weight is 311 g/mol. The van der Waals surface area contributed by atoms with Crippen molar-refractivity contribution in [1.82, 2.24) is 14.7 Å². The lowest BCUT2D eigenvalue weighted by atomic mass is 10.2. The molecule has 2 aromatic heterocycles. The zero-order valence-corrected chi connectivity index (χ0v) is 12.0. The average Bonchev–Trinajstić information content (AvgIpc) is 3.19. The van der Waals surface area contributed by atoms with E-state index in [9.17, 15) is 9.90 Å². The number of ether oxygens (including phenoxy) is 2. The number of pyridine rings is 1. The Morgan fingerprint density at radius 2 is 2.17 bits per heavy atom. The van der Waals surface area contributed by atoms with Gasteiger partial charge in [0.25, 0.3) is 5.91 Å². The van der Waals surface area contributed by atoms with Gasteiger partial charge in [-0.15, -0.1) is 0 Å². The van der Waals surface area contributed by atoms with Crippen LogP contribution in [0, 0.1) is 0 Å². The molecule has 0 saturated heterocycles. The number of carbonyl (C=O) groups excluding carboxylic acids is 1. The number of amides is 1. The van der Waals surface area contributed by atoms with Crippen molar-refractivity contribution in [3.63, 3.8) is 0 Å². The fraction of sp³-hybridized carbons (Fsp3) is 0.125. The highest BCUT2D eigenvalue weighted by atomic mass is 16.7. The second-order valence-electron chi connectivity index (χ2n) is 5.12. The number of fused-ring (bicyclic) bond motifs is 2. The van der Waals surface area contributed by atoms with Crippen LogP contribution >= 0.6 is 0 Å². The van der Waals surface area contributed by atoms with Crippen molar-refractivity contribution in [2.45, 2.75) is 6.54 Å². The number of hydrogen-bond acceptors (Lipinski definition) is 5. The van der Waals surface area contributed by atoms with Crippen molar-refractivity contribution in [1.29, 1.82) is 0 Å². The van der Waals surface area contributed by atoms with Crippen LogP contribution in [0.3, 0.4) is 0 Å². The Hall–Kier alpha value is -3.22. The number of hydrogen-bond donors (Lipinski definition) is 2. The van der Waals surface area contributed by atoms with Crippen molar-refractivity contribution in [3.8, 4) is 17.2 Å². The Morgan fingerprint density at radius 1 is 1.30 bits per heavy atom. The maximum Gasteiger partial charge on any atom is 0.271 e. The summed E-state index contributed by atoms with van der Waals surface area (Å²) in [5.41, 5.74) is 1.49. The molecule has 1 amide bonds. The molecule has 1 aromatic carbocycles. The van der Waals surface area contributed by atoms with Gasteiger partial charge in [0, 0.05) is 18.9 Å². The molecule has 116 valence electrons. The minimum atomic E-state index is -0.314. The third kappa shape index (κ3) is 2.42. The van der Waals surface area contributed by atoms with Crippen LogP contribution in [0.4, 0.5) is 0 Å². The van der Waals surface area contributed by atoms with Crippen LogP contribution < -0.4 is 14.8 Å². The maximum absolute atomic E-state index is 12.2. The van der Waals surface area contributed by atoms with Gasteiger partial charge in [-0.1, -0.05) is 6.07 Å². The molecule has 0 unspecified atom stereocenters. The normalized spacial score (nSPS) is 12.5. The molecule has 7 heteroatoms. The summed E-state index contributed by atoms with van der Waals surface area (Å²) in [5.74, 6) is 1.10. The van der Waals surface area contributed by atoms with E-state index >= 15 is 0 Å². The molecule has 7 nitrogen and oxygen atoms in total. The Bertz CT molecular complexity index is 903. The number of nitrogens with zero attached hydrogens (tertiary/aromatic N) is 2. The van der Waals surface area contributed by atoms with Crippen LogP contribution in [-0.4, -0.2) is 27.2 Å². The van der Waals surface area contributed by atoms with Crippen LogP contribution in [0.15, 0.2) is 42.7 Å². The second-order valence-corrected chi connectivity index (χ2v) is 5.12. The first-order chi connectivity index (χ1) is 11.2. The fourth-order valence-electron chi connectivity index (χ4n) is 2.43. The minimum absolute atomic E-state index is 0.0299. The van der Waals surface area contributed by atoms with Gasteiger partial charge >= 0.3 is 0 Å². The Kier molecular flexibility index (Phi) is 3.04. The summed E-state index contributed by atoms with van der Waals surface area (Å²) >= 11 is 0. The Balaban J connectivity index is 1.50. The summed E-state index contributed by atoms with van der Waals surface area (Å²) in [5, 5.41) is 12.5. The minimum Gasteiger partial charge on any atom is -0.504 e. The summed E-state index contributed by atoms with van der Waals surface area (Å²) < 4.78 is 12.2. The zero-order valence-electron chi connectivity index (χ0n) is 12.0. The predicted molar refractivity (Wildman–Crippen MR) is 80.6 cm³/mol. The second kappa shape index (κ2) is 5.20. The van der Waals surface area contributed by atoms with Crippen LogP contribution in [-0.2, 0) is 6.54 Å². The summed E-state index contributed by atoms with van der Waals surface area (Å²) in [6, 6.07) is 8.71. The summed E-state index contributed by atoms with van der Waals surface area (Å²) in [6.07, 6.45) is 3.29. The van der Waals surface area contributed by atoms with Gasteiger partial charge in [0.05, 0.1) is 0 Å². The molecule has 0 aliphatic carbocycles. The summed E-state index contributed by atoms with van der Waals surface area (Å²) in [7, 11) is 0. The quantitative estimate of drug-likeness (QED) is 0.769. The Morgan fingerprint density at radius 3 is 3.04 bits per heavy atom. The molecule has 3 aromatic rings. The van der Waals surface area contributed by atoms with E-state index in [0.717, 1.165) is 5.56 Å². The maximum atomic E-state index is 12.2. The SMILES string of the molecule is O=C(NCc1ccc2c(c1)OCO2)c1cn2cccc(O)c2n1. The van der Waals surface area contributed by atoms with E-state index < -0.39 is 0 Å². The predicted octanol–water partition coefficient (Wildman–Crippen LogP) is 1.70. The standard InChI is InChI=1S/C16H13N3O4/c20-12-2-1-5-19-8-11(18-15(12)19)16(21)17-7-10-3-4-13-14(6-10)23-9-22-13/h1-6,8,20H,7,9H2,(H,17,21). The lowest BCUT2D eigenvalue weighted by molar-refractivity contribution is 0.0946. The van der Waals surface area contributed by atoms with Gasteiger partial charge in [0.15, 0.2) is 22.9 Å². The van der Waals surface area contributed by atoms with Gasteiger partial charge < -0.3 is 24.3 Å². The lowest BCUT2D eigenvalue weighted by Crippen LogP contribution is -2.23. The van der Waals surface area contributed by atoms with Crippen LogP contribution in [0.25, 0.3) is 5.65 Å². The van der Waals surface area contributed by atoms with Crippen LogP contribution in [0.2, 0.25) is 0 Å². The molecule has 0 fully saturated rings. The van der Waals surface area contributed by atoms with Gasteiger partial charge in [0.1, 0.15) is 5.69 Å². The highest BCUT2D eigenvalue weighted by Gasteiger charge is 2.15. The molecule has 0 spiro atoms. The van der Waals surface area contributed by atoms with E-state index in [1.807, 2.05) is 18.2 Å². The smallest absolute Gasteiger partial charge is 0.271 e. The van der Waals surface area contributed by atoms with E-state index in [2.05, 4.69) is 10.3 Å². The van der Waals surface area contributed by atoms with Crippen molar-refractivity contribution in [3.05, 3.63) is 54.0 Å². The number of carbonyl (C=O) groups is 1. The number of nitrogens with one attached hydrogen (secondary N) is 1. The molecule has 0 radical (unpaired) electrons. The highest BCUT2D eigenvalue weighted by Crippen LogP contribution is 2.32. The first-order valence-electron chi connectivity index (χ1n) is 7.04. The van der Waals surface area contributed by atoms with Crippen LogP contribution in [0.5, 0.6) is 17.2 Å². The van der Waals surface area contributed by atoms with Crippen molar-refractivity contribution in [2.75, 3.05) is 6.79 Å². The summed E-state index contributed by atoms with van der Waals surface area (Å²) in [6.45, 7) is 0.561. The third-order valence-corrected chi connectivity index (χ3v) is 3.58. The lowest BCUT2D eigenvalue weighted by Gasteiger charge is -2.04. The van der Waals surface area contributed by atoms with Gasteiger partial charge in [-0.3, -0.25) is 4.79 Å². The van der Waals surface area contributed by atoms with Crippen LogP contribution in [0.1, 0.15) is 16.1 Å². The number of aromatic nitrogens is 2. The van der Waals surface area contributed by atoms with Crippen molar-refractivity contribution < 1.29 is 19.4 Å². The van der Waals surface area contributed by atoms with Gasteiger partial charge in [-0.05, 0) is 29.8 Å². The van der Waals surface area contributed by atoms with Crippen molar-refractivity contribution >= 4 is 11.6 Å². The van der Waals surface area contributed by atoms with Crippen molar-refractivity contribution in [2.24, 2.45) is 0 Å². The highest BCUT2D eigenvalue weighted by molar-refractivity contribution is 5.93. The molecule has 1 aliphatic heterocycles. The molecular weight excluding hydrogens is 298 g/mol. The Labute approximate surface area is 131 Å². The molecule has 4 rings (SSSR count). The van der Waals surface area contributed by atoms with Gasteiger partial charge in [-0.2, -0.15) is 0 Å². The van der Waals surface area contributed by atoms with E-state index in [4.69, 9.17) is 9.47 Å². The fourth-order valence-corrected chi connectivity index (χ4v) is 2.43. The first kappa shape index (κ1) is 13.4. The molecule has 1 aliphatic rings. The molecule has 0 saturated carbocycles. The molecule has 0 atom stereocenters. The third-order valence-electron chi connectivity index (χ3n) is 3.58. The largest absolute Gasteiger partial charge is 0.504 e. The number of aromatic hydroxyl groups is 1. The topological polar surface area (TPSA) is 85.1 Å². The van der Waals surface area contributed by atoms with Gasteiger partial charge in [0.2, 0.25) is 6.79 Å². The number of imidazole rings is 1. The molecule has 2 N–H and O–H groups in total. The van der Waals surface area contributed by atoms with Gasteiger partial charge in [-0.25, -0.2) is 4.98 Å². The molecule has 0 bridgehead atoms. The monoisotopic (exact) mass is 311 g/mol. The number of rotatable bonds is 3. The summed E-state index contributed by atoms with van der Waals surface area (Å²) in [4.78, 5) is 16.3. The van der Waals surface area contributed by atoms with E-state index in [0.29, 0.717) is 23.7 Å². The first-order valence-corrected chi connectivity index (χ1v) is 7.04. The van der Waals surface area contributed by atoms with E-state index in [-0.39, 0.29) is 24.1 Å². The molecule has 23 heavy (non-hydrogen) atoms. The zero-order chi connectivity index (χ0) is 15.8. The molecule has 3 heterocycles. The van der Waals surface area contributed by atoms with E-state index in [1.54, 1.807) is 22.9 Å². The molecular formula is C16H13N3O4. The number of benzene rings is 1.